The summed E-state index contributed by atoms with van der Waals surface area (Å²) in [5, 5.41) is 17.3. The Morgan fingerprint density at radius 3 is 0.743 bits per heavy atom. The van der Waals surface area contributed by atoms with Gasteiger partial charge in [-0.3, -0.25) is 0 Å². The summed E-state index contributed by atoms with van der Waals surface area (Å²) in [6.45, 7) is 16.5. The van der Waals surface area contributed by atoms with E-state index < -0.39 is 0 Å². The number of rotatable bonds is 2. The Hall–Kier alpha value is -2.64. The van der Waals surface area contributed by atoms with Gasteiger partial charge in [0.1, 0.15) is 11.5 Å². The van der Waals surface area contributed by atoms with E-state index in [1.54, 1.807) is 48.5 Å². The maximum atomic E-state index is 8.63. The monoisotopic (exact) mass is 544 g/mol. The van der Waals surface area contributed by atoms with Crippen molar-refractivity contribution in [1.82, 2.24) is 0 Å². The molecule has 4 aromatic carbocycles. The number of benzene rings is 4. The van der Waals surface area contributed by atoms with Gasteiger partial charge in [0.15, 0.2) is 0 Å². The molecule has 3 heteroatoms. The summed E-state index contributed by atoms with van der Waals surface area (Å²) >= 11 is 0. The molecule has 2 N–H and O–H groups in total. The Balaban J connectivity index is 0.000000442. The van der Waals surface area contributed by atoms with E-state index in [1.807, 2.05) is 48.5 Å². The molecule has 4 aromatic rings. The van der Waals surface area contributed by atoms with E-state index in [4.69, 9.17) is 10.2 Å². The van der Waals surface area contributed by atoms with Crippen LogP contribution in [0.1, 0.15) is 38.8 Å². The van der Waals surface area contributed by atoms with Crippen LogP contribution in [0.3, 0.4) is 0 Å². The standard InChI is InChI=1S/2C10H13.2C6H6O.Zr/c2*1-10(2,3)9-7-5-4-6-8-9;2*7-6-4-2-1-3-5-6;/h2*4-8H,1H2,2-3H3;2*1-5,7H;/q2*-1;;;+2. The van der Waals surface area contributed by atoms with Crippen molar-refractivity contribution < 1.29 is 36.4 Å². The zero-order valence-electron chi connectivity index (χ0n) is 21.4. The number of para-hydroxylation sites is 2. The molecule has 0 spiro atoms. The fourth-order valence-electron chi connectivity index (χ4n) is 2.63. The fourth-order valence-corrected chi connectivity index (χ4v) is 2.63. The van der Waals surface area contributed by atoms with Crippen LogP contribution >= 0.6 is 0 Å². The third-order valence-electron chi connectivity index (χ3n) is 4.62. The second-order valence-corrected chi connectivity index (χ2v) is 9.17. The fraction of sp³-hybridized carbons (Fsp3) is 0.188. The molecule has 0 atom stereocenters. The van der Waals surface area contributed by atoms with Gasteiger partial charge in [0.05, 0.1) is 0 Å². The number of hydrogen-bond donors (Lipinski definition) is 2. The molecule has 0 amide bonds. The van der Waals surface area contributed by atoms with Crippen LogP contribution in [0.25, 0.3) is 0 Å². The van der Waals surface area contributed by atoms with E-state index in [-0.39, 0.29) is 37.0 Å². The van der Waals surface area contributed by atoms with Crippen LogP contribution in [0.5, 0.6) is 11.5 Å². The molecule has 0 saturated heterocycles. The smallest absolute Gasteiger partial charge is 0.508 e. The third-order valence-corrected chi connectivity index (χ3v) is 4.62. The molecule has 0 bridgehead atoms. The van der Waals surface area contributed by atoms with Gasteiger partial charge in [-0.15, -0.1) is 10.8 Å². The second kappa shape index (κ2) is 16.9. The second-order valence-electron chi connectivity index (χ2n) is 9.17. The Kier molecular flexibility index (Phi) is 15.6. The van der Waals surface area contributed by atoms with Crippen molar-refractivity contribution >= 4 is 0 Å². The van der Waals surface area contributed by atoms with Crippen LogP contribution in [0, 0.1) is 13.8 Å². The zero-order valence-corrected chi connectivity index (χ0v) is 23.8. The molecule has 0 saturated carbocycles. The molecule has 0 radical (unpaired) electrons. The predicted molar refractivity (Wildman–Crippen MR) is 146 cm³/mol. The van der Waals surface area contributed by atoms with Gasteiger partial charge in [-0.05, 0) is 24.3 Å². The van der Waals surface area contributed by atoms with Crippen molar-refractivity contribution in [2.45, 2.75) is 38.5 Å². The van der Waals surface area contributed by atoms with Crippen molar-refractivity contribution in [3.8, 4) is 11.5 Å². The molecule has 0 aliphatic heterocycles. The molecule has 0 heterocycles. The molecule has 0 unspecified atom stereocenters. The van der Waals surface area contributed by atoms with Crippen LogP contribution < -0.4 is 0 Å². The number of phenolic OH excluding ortho intramolecular Hbond substituents is 2. The van der Waals surface area contributed by atoms with Crippen molar-refractivity contribution in [2.24, 2.45) is 0 Å². The van der Waals surface area contributed by atoms with E-state index in [0.717, 1.165) is 0 Å². The summed E-state index contributed by atoms with van der Waals surface area (Å²) in [4.78, 5) is 0. The average Bonchev–Trinajstić information content (AvgIpc) is 2.82. The van der Waals surface area contributed by atoms with E-state index in [2.05, 4.69) is 65.8 Å². The van der Waals surface area contributed by atoms with Gasteiger partial charge in [0, 0.05) is 0 Å². The molecule has 35 heavy (non-hydrogen) atoms. The molecule has 0 aliphatic rings. The van der Waals surface area contributed by atoms with Crippen LogP contribution in [0.15, 0.2) is 121 Å². The van der Waals surface area contributed by atoms with Gasteiger partial charge in [-0.1, -0.05) is 136 Å². The van der Waals surface area contributed by atoms with Crippen molar-refractivity contribution in [3.05, 3.63) is 146 Å². The van der Waals surface area contributed by atoms with Crippen molar-refractivity contribution in [1.29, 1.82) is 0 Å². The zero-order chi connectivity index (χ0) is 25.5. The molecular weight excluding hydrogens is 508 g/mol. The number of aromatic hydroxyl groups is 2. The molecule has 4 rings (SSSR count). The summed E-state index contributed by atoms with van der Waals surface area (Å²) < 4.78 is 0. The first-order valence-electron chi connectivity index (χ1n) is 11.3. The van der Waals surface area contributed by atoms with E-state index in [1.165, 1.54) is 11.1 Å². The normalized spacial score (nSPS) is 10.0. The van der Waals surface area contributed by atoms with E-state index in [9.17, 15) is 0 Å². The van der Waals surface area contributed by atoms with E-state index in [0.29, 0.717) is 11.5 Å². The summed E-state index contributed by atoms with van der Waals surface area (Å²) in [6, 6.07) is 38.1. The first-order chi connectivity index (χ1) is 16.0. The quantitative estimate of drug-likeness (QED) is 0.248. The Morgan fingerprint density at radius 2 is 0.629 bits per heavy atom. The van der Waals surface area contributed by atoms with Crippen LogP contribution in [0.2, 0.25) is 0 Å². The van der Waals surface area contributed by atoms with Crippen LogP contribution in [-0.2, 0) is 37.0 Å². The van der Waals surface area contributed by atoms with E-state index >= 15 is 0 Å². The largest absolute Gasteiger partial charge is 2.00 e. The summed E-state index contributed by atoms with van der Waals surface area (Å²) in [7, 11) is 0. The Bertz CT molecular complexity index is 918. The van der Waals surface area contributed by atoms with Gasteiger partial charge >= 0.3 is 26.2 Å². The maximum Gasteiger partial charge on any atom is 2.00 e. The first-order valence-corrected chi connectivity index (χ1v) is 11.3. The van der Waals surface area contributed by atoms with Gasteiger partial charge in [-0.2, -0.15) is 0 Å². The minimum atomic E-state index is 0. The van der Waals surface area contributed by atoms with Gasteiger partial charge < -0.3 is 24.1 Å². The molecule has 182 valence electrons. The third kappa shape index (κ3) is 15.8. The minimum Gasteiger partial charge on any atom is -0.508 e. The van der Waals surface area contributed by atoms with Crippen molar-refractivity contribution in [3.63, 3.8) is 0 Å². The molecule has 0 aliphatic carbocycles. The molecule has 0 fully saturated rings. The summed E-state index contributed by atoms with van der Waals surface area (Å²) in [5.41, 5.74) is 2.66. The molecule has 0 aromatic heterocycles. The molecular formula is C32H38O2Zr. The number of hydrogen-bond acceptors (Lipinski definition) is 2. The maximum absolute atomic E-state index is 8.63. The summed E-state index contributed by atoms with van der Waals surface area (Å²) in [6.07, 6.45) is 0. The van der Waals surface area contributed by atoms with Gasteiger partial charge in [0.25, 0.3) is 0 Å². The predicted octanol–water partition coefficient (Wildman–Crippen LogP) is 8.38. The Morgan fingerprint density at radius 1 is 0.429 bits per heavy atom. The SMILES string of the molecule is Oc1ccccc1.Oc1ccccc1.[CH2-]C(C)(C)c1ccccc1.[CH2-]C(C)(C)c1ccccc1.[Zr+2]. The van der Waals surface area contributed by atoms with Crippen LogP contribution in [0.4, 0.5) is 0 Å². The topological polar surface area (TPSA) is 40.5 Å². The van der Waals surface area contributed by atoms with Gasteiger partial charge in [-0.25, -0.2) is 0 Å². The summed E-state index contributed by atoms with van der Waals surface area (Å²) in [5.74, 6) is 0.644. The first kappa shape index (κ1) is 32.4. The molecule has 2 nitrogen and oxygen atoms in total. The average molecular weight is 546 g/mol. The number of phenols is 2. The minimum absolute atomic E-state index is 0. The Labute approximate surface area is 231 Å². The van der Waals surface area contributed by atoms with Gasteiger partial charge in [0.2, 0.25) is 0 Å². The van der Waals surface area contributed by atoms with Crippen LogP contribution in [-0.4, -0.2) is 10.2 Å². The van der Waals surface area contributed by atoms with Crippen molar-refractivity contribution in [2.75, 3.05) is 0 Å².